The van der Waals surface area contributed by atoms with Gasteiger partial charge >= 0.3 is 0 Å². The van der Waals surface area contributed by atoms with Crippen LogP contribution in [0.2, 0.25) is 0 Å². The standard InChI is InChI=1S/C49H51F2N13O4/c1-68-47(31-5-3-2-4-6-31)49(67)62-21-17-60(18-22-62)42-13-7-32(26-53-42)44-45-33(25-52)27-55-64(45)30-41(57-44)34-28-54-63(29-34)37-10-8-36(9-11-37)59-15-19-61(20-16-59)46-38(50)23-35(24-39(46)51)56-40-12-14-43(65)58-48(40)66/h2-7,13,23-24,26-30,36-37,40,47,56H,8-12,14-22H2,1H3,(H,58,65,66). The molecule has 2 unspecified atom stereocenters. The minimum Gasteiger partial charge on any atom is -0.373 e. The van der Waals surface area contributed by atoms with Crippen molar-refractivity contribution in [1.29, 1.82) is 5.26 Å². The third-order valence-corrected chi connectivity index (χ3v) is 13.8. The second kappa shape index (κ2) is 19.1. The summed E-state index contributed by atoms with van der Waals surface area (Å²) in [6.07, 6.45) is 12.5. The molecular weight excluding hydrogens is 873 g/mol. The van der Waals surface area contributed by atoms with Gasteiger partial charge in [-0.15, -0.1) is 0 Å². The summed E-state index contributed by atoms with van der Waals surface area (Å²) in [4.78, 5) is 55.1. The lowest BCUT2D eigenvalue weighted by molar-refractivity contribution is -0.142. The molecule has 10 rings (SSSR count). The van der Waals surface area contributed by atoms with Gasteiger partial charge in [0.1, 0.15) is 34.7 Å². The van der Waals surface area contributed by atoms with E-state index in [9.17, 15) is 19.6 Å². The van der Waals surface area contributed by atoms with Crippen molar-refractivity contribution in [1.82, 2.24) is 44.5 Å². The molecule has 2 aromatic carbocycles. The third kappa shape index (κ3) is 8.96. The number of methoxy groups -OCH3 is 1. The van der Waals surface area contributed by atoms with Gasteiger partial charge in [0.2, 0.25) is 11.8 Å². The van der Waals surface area contributed by atoms with Gasteiger partial charge in [0.15, 0.2) is 17.7 Å². The fourth-order valence-electron chi connectivity index (χ4n) is 10.1. The summed E-state index contributed by atoms with van der Waals surface area (Å²) in [5.41, 5.74) is 4.69. The SMILES string of the molecule is COC(C(=O)N1CCN(c2ccc(-c3nc(-c4cnn(C5CCC(N6CCN(c7c(F)cc(NC8CCC(=O)NC8=O)cc7F)CC6)CC5)c4)cn4ncc(C#N)c34)cn2)CC1)c1ccccc1. The van der Waals surface area contributed by atoms with Crippen LogP contribution in [0.4, 0.5) is 26.0 Å². The highest BCUT2D eigenvalue weighted by Gasteiger charge is 2.33. The Balaban J connectivity index is 0.757. The maximum Gasteiger partial charge on any atom is 0.256 e. The van der Waals surface area contributed by atoms with Crippen LogP contribution in [0.1, 0.15) is 61.8 Å². The van der Waals surface area contributed by atoms with Gasteiger partial charge in [0, 0.05) is 101 Å². The molecule has 17 nitrogen and oxygen atoms in total. The zero-order valence-electron chi connectivity index (χ0n) is 37.6. The zero-order chi connectivity index (χ0) is 46.9. The molecule has 4 aliphatic rings. The summed E-state index contributed by atoms with van der Waals surface area (Å²) in [6, 6.07) is 17.9. The largest absolute Gasteiger partial charge is 0.373 e. The Morgan fingerprint density at radius 2 is 1.56 bits per heavy atom. The van der Waals surface area contributed by atoms with Gasteiger partial charge in [-0.05, 0) is 61.9 Å². The number of nitriles is 1. The molecule has 4 aromatic heterocycles. The number of ether oxygens (including phenoxy) is 1. The number of aromatic nitrogens is 6. The van der Waals surface area contributed by atoms with Crippen LogP contribution in [-0.2, 0) is 19.1 Å². The van der Waals surface area contributed by atoms with Crippen LogP contribution in [0.25, 0.3) is 28.0 Å². The van der Waals surface area contributed by atoms with Crippen LogP contribution < -0.4 is 20.4 Å². The number of amides is 3. The van der Waals surface area contributed by atoms with Crippen molar-refractivity contribution in [2.24, 2.45) is 0 Å². The summed E-state index contributed by atoms with van der Waals surface area (Å²) in [7, 11) is 1.56. The molecule has 7 heterocycles. The highest BCUT2D eigenvalue weighted by atomic mass is 19.1. The number of carbonyl (C=O) groups excluding carboxylic acids is 3. The number of hydrogen-bond donors (Lipinski definition) is 2. The molecule has 6 aromatic rings. The number of carbonyl (C=O) groups is 3. The molecule has 4 fully saturated rings. The van der Waals surface area contributed by atoms with Crippen molar-refractivity contribution in [3.8, 4) is 28.6 Å². The summed E-state index contributed by atoms with van der Waals surface area (Å²) < 4.78 is 40.1. The first kappa shape index (κ1) is 44.5. The zero-order valence-corrected chi connectivity index (χ0v) is 37.6. The fraction of sp³-hybridized carbons (Fsp3) is 0.388. The Hall–Kier alpha value is -7.30. The molecule has 3 aliphatic heterocycles. The van der Waals surface area contributed by atoms with E-state index < -0.39 is 29.7 Å². The number of halogens is 2. The first-order valence-corrected chi connectivity index (χ1v) is 23.1. The molecule has 350 valence electrons. The Morgan fingerprint density at radius 1 is 0.838 bits per heavy atom. The summed E-state index contributed by atoms with van der Waals surface area (Å²) in [5.74, 6) is -1.53. The van der Waals surface area contributed by atoms with Gasteiger partial charge in [0.25, 0.3) is 5.91 Å². The first-order chi connectivity index (χ1) is 33.1. The van der Waals surface area contributed by atoms with Crippen LogP contribution >= 0.6 is 0 Å². The average molecular weight is 924 g/mol. The normalized spacial score (nSPS) is 20.9. The van der Waals surface area contributed by atoms with Crippen LogP contribution in [0.15, 0.2) is 85.6 Å². The third-order valence-electron chi connectivity index (χ3n) is 13.8. The maximum atomic E-state index is 15.4. The predicted octanol–water partition coefficient (Wildman–Crippen LogP) is 5.36. The van der Waals surface area contributed by atoms with E-state index in [0.29, 0.717) is 80.9 Å². The minimum atomic E-state index is -0.736. The molecular formula is C49H51F2N13O4. The number of anilines is 3. The fourth-order valence-corrected chi connectivity index (χ4v) is 10.1. The van der Waals surface area contributed by atoms with Gasteiger partial charge in [-0.3, -0.25) is 29.3 Å². The van der Waals surface area contributed by atoms with Crippen LogP contribution in [0.3, 0.4) is 0 Å². The van der Waals surface area contributed by atoms with Gasteiger partial charge in [-0.2, -0.15) is 15.5 Å². The van der Waals surface area contributed by atoms with E-state index in [1.165, 1.54) is 12.1 Å². The molecule has 68 heavy (non-hydrogen) atoms. The number of hydrogen-bond acceptors (Lipinski definition) is 13. The van der Waals surface area contributed by atoms with E-state index in [-0.39, 0.29) is 42.1 Å². The second-order valence-corrected chi connectivity index (χ2v) is 17.8. The van der Waals surface area contributed by atoms with Gasteiger partial charge < -0.3 is 24.8 Å². The smallest absolute Gasteiger partial charge is 0.256 e. The maximum absolute atomic E-state index is 15.4. The van der Waals surface area contributed by atoms with E-state index in [1.54, 1.807) is 28.9 Å². The van der Waals surface area contributed by atoms with E-state index in [0.717, 1.165) is 48.2 Å². The number of piperidine rings is 1. The summed E-state index contributed by atoms with van der Waals surface area (Å²) in [6.45, 7) is 4.61. The lowest BCUT2D eigenvalue weighted by Crippen LogP contribution is -2.51. The average Bonchev–Trinajstić information content (AvgIpc) is 4.04. The van der Waals surface area contributed by atoms with Crippen LogP contribution in [0.5, 0.6) is 0 Å². The number of piperazine rings is 2. The van der Waals surface area contributed by atoms with Crippen molar-refractivity contribution in [3.63, 3.8) is 0 Å². The molecule has 0 bridgehead atoms. The van der Waals surface area contributed by atoms with Crippen molar-refractivity contribution < 1.29 is 27.9 Å². The van der Waals surface area contributed by atoms with Gasteiger partial charge in [0.05, 0.1) is 36.0 Å². The number of imide groups is 1. The number of benzene rings is 2. The molecule has 2 atom stereocenters. The first-order valence-electron chi connectivity index (χ1n) is 23.1. The molecule has 3 amide bonds. The van der Waals surface area contributed by atoms with Crippen LogP contribution in [-0.4, -0.2) is 128 Å². The molecule has 0 radical (unpaired) electrons. The second-order valence-electron chi connectivity index (χ2n) is 17.8. The van der Waals surface area contributed by atoms with Crippen LogP contribution in [0, 0.1) is 23.0 Å². The Bertz CT molecular complexity index is 2840. The summed E-state index contributed by atoms with van der Waals surface area (Å²) in [5, 5.41) is 24.4. The van der Waals surface area contributed by atoms with E-state index in [1.807, 2.05) is 70.6 Å². The number of pyridine rings is 1. The predicted molar refractivity (Wildman–Crippen MR) is 248 cm³/mol. The lowest BCUT2D eigenvalue weighted by atomic mass is 9.90. The number of nitrogens with one attached hydrogen (secondary N) is 2. The topological polar surface area (TPSA) is 182 Å². The van der Waals surface area contributed by atoms with Gasteiger partial charge in [-0.1, -0.05) is 30.3 Å². The van der Waals surface area contributed by atoms with E-state index >= 15 is 8.78 Å². The monoisotopic (exact) mass is 923 g/mol. The number of rotatable bonds is 11. The lowest BCUT2D eigenvalue weighted by Gasteiger charge is -2.42. The molecule has 1 saturated carbocycles. The Labute approximate surface area is 391 Å². The molecule has 2 N–H and O–H groups in total. The minimum absolute atomic E-state index is 0.0587. The summed E-state index contributed by atoms with van der Waals surface area (Å²) >= 11 is 0. The molecule has 3 saturated heterocycles. The molecule has 1 aliphatic carbocycles. The number of nitrogens with zero attached hydrogens (tertiary/aromatic N) is 11. The van der Waals surface area contributed by atoms with Crippen molar-refractivity contribution in [3.05, 3.63) is 108 Å². The quantitative estimate of drug-likeness (QED) is 0.159. The van der Waals surface area contributed by atoms with Gasteiger partial charge in [-0.25, -0.2) is 23.3 Å². The van der Waals surface area contributed by atoms with Crippen molar-refractivity contribution in [2.75, 3.05) is 74.6 Å². The molecule has 19 heteroatoms. The highest BCUT2D eigenvalue weighted by molar-refractivity contribution is 6.01. The highest BCUT2D eigenvalue weighted by Crippen LogP contribution is 2.35. The van der Waals surface area contributed by atoms with Crippen molar-refractivity contribution >= 4 is 40.4 Å². The number of fused-ring (bicyclic) bond motifs is 1. The van der Waals surface area contributed by atoms with E-state index in [4.69, 9.17) is 19.8 Å². The van der Waals surface area contributed by atoms with E-state index in [2.05, 4.69) is 31.6 Å². The van der Waals surface area contributed by atoms with Crippen molar-refractivity contribution in [2.45, 2.75) is 62.8 Å². The Morgan fingerprint density at radius 3 is 2.24 bits per heavy atom. The Kier molecular flexibility index (Phi) is 12.5. The molecule has 0 spiro atoms.